The van der Waals surface area contributed by atoms with Gasteiger partial charge in [0.25, 0.3) is 0 Å². The first-order chi connectivity index (χ1) is 11.0. The van der Waals surface area contributed by atoms with Crippen LogP contribution in [0, 0.1) is 5.92 Å². The monoisotopic (exact) mass is 346 g/mol. The molecule has 8 heteroatoms. The van der Waals surface area contributed by atoms with Gasteiger partial charge in [-0.1, -0.05) is 26.3 Å². The number of nitrogens with one attached hydrogen (secondary N) is 2. The van der Waals surface area contributed by atoms with Gasteiger partial charge in [0, 0.05) is 12.2 Å². The molecule has 2 atom stereocenters. The zero-order valence-corrected chi connectivity index (χ0v) is 13.7. The molecule has 0 bridgehead atoms. The second-order valence-electron chi connectivity index (χ2n) is 5.88. The van der Waals surface area contributed by atoms with Crippen LogP contribution in [0.2, 0.25) is 0 Å². The molecule has 0 heterocycles. The van der Waals surface area contributed by atoms with Gasteiger partial charge in [0.1, 0.15) is 0 Å². The molecule has 0 fully saturated rings. The Morgan fingerprint density at radius 2 is 1.88 bits per heavy atom. The number of benzene rings is 1. The van der Waals surface area contributed by atoms with Crippen LogP contribution in [0.4, 0.5) is 18.9 Å². The molecule has 3 N–H and O–H groups in total. The number of carbonyl (C=O) groups excluding carboxylic acids is 2. The van der Waals surface area contributed by atoms with Crippen LogP contribution in [-0.4, -0.2) is 29.1 Å². The summed E-state index contributed by atoms with van der Waals surface area (Å²) in [6, 6.07) is 3.97. The summed E-state index contributed by atoms with van der Waals surface area (Å²) in [5.41, 5.74) is -2.26. The molecule has 1 rings (SSSR count). The van der Waals surface area contributed by atoms with Crippen LogP contribution in [0.5, 0.6) is 0 Å². The van der Waals surface area contributed by atoms with E-state index in [0.717, 1.165) is 18.2 Å². The average Bonchev–Trinajstić information content (AvgIpc) is 2.51. The summed E-state index contributed by atoms with van der Waals surface area (Å²) in [6.07, 6.45) is -3.86. The highest BCUT2D eigenvalue weighted by atomic mass is 19.4. The van der Waals surface area contributed by atoms with Crippen LogP contribution in [0.25, 0.3) is 0 Å². The van der Waals surface area contributed by atoms with Gasteiger partial charge in [-0.25, -0.2) is 0 Å². The summed E-state index contributed by atoms with van der Waals surface area (Å²) < 4.78 is 37.8. The first kappa shape index (κ1) is 20.0. The van der Waals surface area contributed by atoms with E-state index < -0.39 is 29.2 Å². The number of halogens is 3. The van der Waals surface area contributed by atoms with Crippen molar-refractivity contribution < 1.29 is 27.9 Å². The van der Waals surface area contributed by atoms with E-state index >= 15 is 0 Å². The van der Waals surface area contributed by atoms with Crippen LogP contribution in [0.15, 0.2) is 24.3 Å². The van der Waals surface area contributed by atoms with E-state index in [1.165, 1.54) is 13.0 Å². The predicted octanol–water partition coefficient (Wildman–Crippen LogP) is 2.56. The molecule has 1 aromatic rings. The van der Waals surface area contributed by atoms with Crippen molar-refractivity contribution in [1.82, 2.24) is 5.32 Å². The third-order valence-corrected chi connectivity index (χ3v) is 3.93. The van der Waals surface area contributed by atoms with Crippen molar-refractivity contribution in [2.24, 2.45) is 5.92 Å². The maximum absolute atomic E-state index is 12.6. The smallest absolute Gasteiger partial charge is 0.388 e. The fourth-order valence-electron chi connectivity index (χ4n) is 1.91. The number of hydrogen-bond donors (Lipinski definition) is 3. The quantitative estimate of drug-likeness (QED) is 0.717. The average molecular weight is 346 g/mol. The Labute approximate surface area is 138 Å². The van der Waals surface area contributed by atoms with Crippen LogP contribution in [0.1, 0.15) is 32.8 Å². The highest BCUT2D eigenvalue weighted by molar-refractivity contribution is 6.39. The molecule has 0 saturated carbocycles. The number of carbonyl (C=O) groups is 2. The van der Waals surface area contributed by atoms with E-state index in [9.17, 15) is 27.9 Å². The lowest BCUT2D eigenvalue weighted by molar-refractivity contribution is -0.137. The van der Waals surface area contributed by atoms with Crippen molar-refractivity contribution in [2.75, 3.05) is 11.9 Å². The predicted molar refractivity (Wildman–Crippen MR) is 83.2 cm³/mol. The second kappa shape index (κ2) is 7.65. The standard InChI is InChI=1S/C16H21F3N2O3/c1-4-10(2)15(3,24)9-20-13(22)14(23)21-12-7-5-6-11(8-12)16(17,18)19/h5-8,10,24H,4,9H2,1-3H3,(H,20,22)(H,21,23)/t10-,15+/m1/s1. The van der Waals surface area contributed by atoms with E-state index in [1.54, 1.807) is 6.92 Å². The lowest BCUT2D eigenvalue weighted by atomic mass is 9.89. The van der Waals surface area contributed by atoms with Crippen molar-refractivity contribution >= 4 is 17.5 Å². The van der Waals surface area contributed by atoms with Gasteiger partial charge in [-0.05, 0) is 31.0 Å². The Bertz CT molecular complexity index is 600. The zero-order chi connectivity index (χ0) is 18.5. The van der Waals surface area contributed by atoms with Crippen molar-refractivity contribution in [2.45, 2.75) is 39.0 Å². The number of anilines is 1. The molecule has 0 saturated heterocycles. The maximum atomic E-state index is 12.6. The third kappa shape index (κ3) is 5.52. The molecule has 0 aliphatic carbocycles. The molecule has 0 aromatic heterocycles. The molecule has 1 aromatic carbocycles. The van der Waals surface area contributed by atoms with Crippen LogP contribution < -0.4 is 10.6 Å². The number of rotatable bonds is 5. The molecular weight excluding hydrogens is 325 g/mol. The summed E-state index contributed by atoms with van der Waals surface area (Å²) in [5.74, 6) is -2.24. The molecule has 0 aliphatic heterocycles. The third-order valence-electron chi connectivity index (χ3n) is 3.93. The zero-order valence-electron chi connectivity index (χ0n) is 13.7. The minimum Gasteiger partial charge on any atom is -0.388 e. The van der Waals surface area contributed by atoms with E-state index in [0.29, 0.717) is 6.42 Å². The maximum Gasteiger partial charge on any atom is 0.416 e. The van der Waals surface area contributed by atoms with Crippen LogP contribution >= 0.6 is 0 Å². The Balaban J connectivity index is 2.67. The van der Waals surface area contributed by atoms with Gasteiger partial charge < -0.3 is 15.7 Å². The summed E-state index contributed by atoms with van der Waals surface area (Å²) >= 11 is 0. The van der Waals surface area contributed by atoms with E-state index in [-0.39, 0.29) is 18.2 Å². The van der Waals surface area contributed by atoms with Gasteiger partial charge in [-0.15, -0.1) is 0 Å². The summed E-state index contributed by atoms with van der Waals surface area (Å²) in [7, 11) is 0. The molecule has 5 nitrogen and oxygen atoms in total. The molecule has 0 aliphatic rings. The largest absolute Gasteiger partial charge is 0.416 e. The molecule has 134 valence electrons. The van der Waals surface area contributed by atoms with Crippen LogP contribution in [-0.2, 0) is 15.8 Å². The molecule has 0 unspecified atom stereocenters. The van der Waals surface area contributed by atoms with Gasteiger partial charge >= 0.3 is 18.0 Å². The number of hydrogen-bond acceptors (Lipinski definition) is 3. The van der Waals surface area contributed by atoms with Crippen LogP contribution in [0.3, 0.4) is 0 Å². The molecule has 2 amide bonds. The topological polar surface area (TPSA) is 78.4 Å². The Morgan fingerprint density at radius 1 is 1.25 bits per heavy atom. The van der Waals surface area contributed by atoms with Gasteiger partial charge in [0.05, 0.1) is 11.2 Å². The molecule has 0 radical (unpaired) electrons. The van der Waals surface area contributed by atoms with Crippen molar-refractivity contribution in [3.63, 3.8) is 0 Å². The lowest BCUT2D eigenvalue weighted by Gasteiger charge is -2.29. The number of amides is 2. The van der Waals surface area contributed by atoms with Gasteiger partial charge in [0.15, 0.2) is 0 Å². The van der Waals surface area contributed by atoms with E-state index in [2.05, 4.69) is 10.6 Å². The fraction of sp³-hybridized carbons (Fsp3) is 0.500. The lowest BCUT2D eigenvalue weighted by Crippen LogP contribution is -2.47. The molecule has 0 spiro atoms. The van der Waals surface area contributed by atoms with Crippen molar-refractivity contribution in [3.05, 3.63) is 29.8 Å². The SMILES string of the molecule is CC[C@@H](C)[C@@](C)(O)CNC(=O)C(=O)Nc1cccc(C(F)(F)F)c1. The fourth-order valence-corrected chi connectivity index (χ4v) is 1.91. The summed E-state index contributed by atoms with van der Waals surface area (Å²) in [4.78, 5) is 23.5. The van der Waals surface area contributed by atoms with E-state index in [4.69, 9.17) is 0 Å². The highest BCUT2D eigenvalue weighted by Crippen LogP contribution is 2.30. The Morgan fingerprint density at radius 3 is 2.42 bits per heavy atom. The first-order valence-electron chi connectivity index (χ1n) is 7.46. The minimum atomic E-state index is -4.54. The van der Waals surface area contributed by atoms with Crippen molar-refractivity contribution in [1.29, 1.82) is 0 Å². The highest BCUT2D eigenvalue weighted by Gasteiger charge is 2.31. The minimum absolute atomic E-state index is 0.107. The van der Waals surface area contributed by atoms with Crippen molar-refractivity contribution in [3.8, 4) is 0 Å². The summed E-state index contributed by atoms with van der Waals surface area (Å²) in [5, 5.41) is 14.5. The second-order valence-corrected chi connectivity index (χ2v) is 5.88. The van der Waals surface area contributed by atoms with E-state index in [1.807, 2.05) is 6.92 Å². The number of aliphatic hydroxyl groups is 1. The first-order valence-corrected chi connectivity index (χ1v) is 7.46. The Hall–Kier alpha value is -2.09. The summed E-state index contributed by atoms with van der Waals surface area (Å²) in [6.45, 7) is 5.07. The number of alkyl halides is 3. The van der Waals surface area contributed by atoms with Gasteiger partial charge in [-0.3, -0.25) is 9.59 Å². The van der Waals surface area contributed by atoms with Gasteiger partial charge in [0.2, 0.25) is 0 Å². The molecular formula is C16H21F3N2O3. The Kier molecular flexibility index (Phi) is 6.36. The molecule has 24 heavy (non-hydrogen) atoms. The normalized spacial score (nSPS) is 15.3. The van der Waals surface area contributed by atoms with Gasteiger partial charge in [-0.2, -0.15) is 13.2 Å².